The van der Waals surface area contributed by atoms with Gasteiger partial charge in [0, 0.05) is 25.2 Å². The van der Waals surface area contributed by atoms with Gasteiger partial charge < -0.3 is 10.6 Å². The van der Waals surface area contributed by atoms with Crippen LogP contribution < -0.4 is 10.6 Å². The number of hydrogen-bond donors (Lipinski definition) is 1. The maximum Gasteiger partial charge on any atom is 0.146 e. The Labute approximate surface area is 87.7 Å². The van der Waals surface area contributed by atoms with Crippen molar-refractivity contribution in [2.75, 3.05) is 18.0 Å². The molecule has 0 saturated carbocycles. The van der Waals surface area contributed by atoms with Crippen LogP contribution in [0.4, 0.5) is 14.5 Å². The van der Waals surface area contributed by atoms with E-state index in [0.717, 1.165) is 31.5 Å². The van der Waals surface area contributed by atoms with Crippen LogP contribution in [0.2, 0.25) is 0 Å². The van der Waals surface area contributed by atoms with Crippen LogP contribution in [0.15, 0.2) is 18.2 Å². The molecule has 15 heavy (non-hydrogen) atoms. The lowest BCUT2D eigenvalue weighted by Crippen LogP contribution is -2.43. The summed E-state index contributed by atoms with van der Waals surface area (Å²) in [7, 11) is 0. The van der Waals surface area contributed by atoms with Gasteiger partial charge in [-0.25, -0.2) is 8.78 Å². The van der Waals surface area contributed by atoms with Gasteiger partial charge in [-0.1, -0.05) is 0 Å². The third-order valence-corrected chi connectivity index (χ3v) is 2.71. The minimum absolute atomic E-state index is 0.0569. The quantitative estimate of drug-likeness (QED) is 0.770. The molecule has 1 aliphatic rings. The molecule has 1 aromatic carbocycles. The Bertz CT molecular complexity index is 354. The highest BCUT2D eigenvalue weighted by Crippen LogP contribution is 2.23. The molecule has 4 heteroatoms. The van der Waals surface area contributed by atoms with Gasteiger partial charge in [0.05, 0.1) is 5.69 Å². The topological polar surface area (TPSA) is 29.3 Å². The van der Waals surface area contributed by atoms with Gasteiger partial charge in [0.1, 0.15) is 11.6 Å². The number of anilines is 1. The van der Waals surface area contributed by atoms with Gasteiger partial charge in [-0.15, -0.1) is 0 Å². The molecule has 2 rings (SSSR count). The zero-order chi connectivity index (χ0) is 10.8. The predicted molar refractivity (Wildman–Crippen MR) is 55.8 cm³/mol. The summed E-state index contributed by atoms with van der Waals surface area (Å²) < 4.78 is 26.4. The van der Waals surface area contributed by atoms with Crippen LogP contribution in [-0.4, -0.2) is 19.1 Å². The third-order valence-electron chi connectivity index (χ3n) is 2.71. The summed E-state index contributed by atoms with van der Waals surface area (Å²) in [5.41, 5.74) is 6.12. The fraction of sp³-hybridized carbons (Fsp3) is 0.455. The van der Waals surface area contributed by atoms with E-state index in [-0.39, 0.29) is 11.9 Å². The molecule has 82 valence electrons. The van der Waals surface area contributed by atoms with Crippen LogP contribution in [0, 0.1) is 11.6 Å². The Morgan fingerprint density at radius 1 is 1.33 bits per heavy atom. The standard InChI is InChI=1S/C11H14F2N2/c12-8-3-4-10(13)11(6-8)15-5-1-2-9(14)7-15/h3-4,6,9H,1-2,5,7,14H2. The summed E-state index contributed by atoms with van der Waals surface area (Å²) in [6, 6.07) is 3.57. The van der Waals surface area contributed by atoms with E-state index in [0.29, 0.717) is 12.2 Å². The number of nitrogens with zero attached hydrogens (tertiary/aromatic N) is 1. The Hall–Kier alpha value is -1.16. The second kappa shape index (κ2) is 4.14. The molecular weight excluding hydrogens is 198 g/mol. The number of rotatable bonds is 1. The minimum atomic E-state index is -0.412. The first-order valence-electron chi connectivity index (χ1n) is 5.12. The maximum atomic E-state index is 13.4. The number of nitrogens with two attached hydrogens (primary N) is 1. The molecule has 1 aliphatic heterocycles. The average Bonchev–Trinajstić information content (AvgIpc) is 2.22. The van der Waals surface area contributed by atoms with Gasteiger partial charge in [-0.05, 0) is 25.0 Å². The highest BCUT2D eigenvalue weighted by Gasteiger charge is 2.19. The molecule has 0 aliphatic carbocycles. The first-order chi connectivity index (χ1) is 7.16. The average molecular weight is 212 g/mol. The first kappa shape index (κ1) is 10.4. The minimum Gasteiger partial charge on any atom is -0.368 e. The van der Waals surface area contributed by atoms with Crippen molar-refractivity contribution >= 4 is 5.69 Å². The summed E-state index contributed by atoms with van der Waals surface area (Å²) in [6.07, 6.45) is 1.88. The molecule has 1 aromatic rings. The highest BCUT2D eigenvalue weighted by atomic mass is 19.1. The normalized spacial score (nSPS) is 21.8. The van der Waals surface area contributed by atoms with E-state index in [4.69, 9.17) is 5.73 Å². The van der Waals surface area contributed by atoms with Crippen LogP contribution >= 0.6 is 0 Å². The van der Waals surface area contributed by atoms with Crippen molar-refractivity contribution in [3.05, 3.63) is 29.8 Å². The van der Waals surface area contributed by atoms with Crippen molar-refractivity contribution in [1.29, 1.82) is 0 Å². The zero-order valence-corrected chi connectivity index (χ0v) is 8.42. The third kappa shape index (κ3) is 2.26. The van der Waals surface area contributed by atoms with Crippen molar-refractivity contribution in [1.82, 2.24) is 0 Å². The SMILES string of the molecule is NC1CCCN(c2cc(F)ccc2F)C1. The Kier molecular flexibility index (Phi) is 2.86. The van der Waals surface area contributed by atoms with E-state index in [1.807, 2.05) is 4.90 Å². The molecule has 1 fully saturated rings. The van der Waals surface area contributed by atoms with Gasteiger partial charge in [-0.2, -0.15) is 0 Å². The van der Waals surface area contributed by atoms with E-state index in [2.05, 4.69) is 0 Å². The molecule has 2 N–H and O–H groups in total. The van der Waals surface area contributed by atoms with E-state index in [1.165, 1.54) is 6.07 Å². The second-order valence-corrected chi connectivity index (χ2v) is 3.94. The maximum absolute atomic E-state index is 13.4. The summed E-state index contributed by atoms with van der Waals surface area (Å²) in [5.74, 6) is -0.795. The second-order valence-electron chi connectivity index (χ2n) is 3.94. The summed E-state index contributed by atoms with van der Waals surface area (Å²) in [5, 5.41) is 0. The van der Waals surface area contributed by atoms with E-state index >= 15 is 0 Å². The van der Waals surface area contributed by atoms with Crippen LogP contribution in [-0.2, 0) is 0 Å². The van der Waals surface area contributed by atoms with Gasteiger partial charge in [0.2, 0.25) is 0 Å². The number of hydrogen-bond acceptors (Lipinski definition) is 2. The molecular formula is C11H14F2N2. The zero-order valence-electron chi connectivity index (χ0n) is 8.42. The van der Waals surface area contributed by atoms with Gasteiger partial charge >= 0.3 is 0 Å². The molecule has 0 aromatic heterocycles. The highest BCUT2D eigenvalue weighted by molar-refractivity contribution is 5.48. The van der Waals surface area contributed by atoms with Crippen molar-refractivity contribution < 1.29 is 8.78 Å². The van der Waals surface area contributed by atoms with Crippen LogP contribution in [0.5, 0.6) is 0 Å². The monoisotopic (exact) mass is 212 g/mol. The molecule has 0 radical (unpaired) electrons. The fourth-order valence-corrected chi connectivity index (χ4v) is 1.96. The fourth-order valence-electron chi connectivity index (χ4n) is 1.96. The summed E-state index contributed by atoms with van der Waals surface area (Å²) >= 11 is 0. The molecule has 1 atom stereocenters. The molecule has 0 spiro atoms. The van der Waals surface area contributed by atoms with Crippen LogP contribution in [0.25, 0.3) is 0 Å². The lowest BCUT2D eigenvalue weighted by atomic mass is 10.1. The predicted octanol–water partition coefficient (Wildman–Crippen LogP) is 1.89. The van der Waals surface area contributed by atoms with E-state index < -0.39 is 5.82 Å². The van der Waals surface area contributed by atoms with Crippen molar-refractivity contribution in [3.63, 3.8) is 0 Å². The van der Waals surface area contributed by atoms with Crippen LogP contribution in [0.3, 0.4) is 0 Å². The molecule has 1 unspecified atom stereocenters. The lowest BCUT2D eigenvalue weighted by Gasteiger charge is -2.32. The van der Waals surface area contributed by atoms with Gasteiger partial charge in [0.15, 0.2) is 0 Å². The van der Waals surface area contributed by atoms with Gasteiger partial charge in [0.25, 0.3) is 0 Å². The van der Waals surface area contributed by atoms with E-state index in [1.54, 1.807) is 0 Å². The van der Waals surface area contributed by atoms with Crippen LogP contribution in [0.1, 0.15) is 12.8 Å². The summed E-state index contributed by atoms with van der Waals surface area (Å²) in [4.78, 5) is 1.81. The Morgan fingerprint density at radius 2 is 2.13 bits per heavy atom. The molecule has 1 heterocycles. The van der Waals surface area contributed by atoms with E-state index in [9.17, 15) is 8.78 Å². The number of piperidine rings is 1. The van der Waals surface area contributed by atoms with Gasteiger partial charge in [-0.3, -0.25) is 0 Å². The molecule has 0 bridgehead atoms. The molecule has 0 amide bonds. The Balaban J connectivity index is 2.24. The first-order valence-corrected chi connectivity index (χ1v) is 5.12. The lowest BCUT2D eigenvalue weighted by molar-refractivity contribution is 0.496. The summed E-state index contributed by atoms with van der Waals surface area (Å²) in [6.45, 7) is 1.34. The number of halogens is 2. The van der Waals surface area contributed by atoms with Crippen molar-refractivity contribution in [2.24, 2.45) is 5.73 Å². The van der Waals surface area contributed by atoms with Crippen molar-refractivity contribution in [2.45, 2.75) is 18.9 Å². The smallest absolute Gasteiger partial charge is 0.146 e. The van der Waals surface area contributed by atoms with Crippen molar-refractivity contribution in [3.8, 4) is 0 Å². The molecule has 2 nitrogen and oxygen atoms in total. The molecule has 1 saturated heterocycles. The Morgan fingerprint density at radius 3 is 2.87 bits per heavy atom. The largest absolute Gasteiger partial charge is 0.368 e. The number of benzene rings is 1.